The number of rotatable bonds is 3. The van der Waals surface area contributed by atoms with Gasteiger partial charge in [0.15, 0.2) is 0 Å². The average molecular weight is 286 g/mol. The maximum Gasteiger partial charge on any atom is 0.226 e. The van der Waals surface area contributed by atoms with E-state index in [-0.39, 0.29) is 24.2 Å². The van der Waals surface area contributed by atoms with Crippen LogP contribution in [-0.2, 0) is 11.3 Å². The van der Waals surface area contributed by atoms with Crippen molar-refractivity contribution in [2.45, 2.75) is 25.8 Å². The molecular weight excluding hydrogens is 266 g/mol. The topological polar surface area (TPSA) is 58.4 Å². The van der Waals surface area contributed by atoms with Gasteiger partial charge in [-0.25, -0.2) is 0 Å². The number of hydrogen-bond acceptors (Lipinski definition) is 4. The van der Waals surface area contributed by atoms with Crippen LogP contribution in [-0.4, -0.2) is 36.1 Å². The predicted octanol–water partition coefficient (Wildman–Crippen LogP) is 1.44. The zero-order valence-electron chi connectivity index (χ0n) is 11.1. The molecule has 1 aliphatic carbocycles. The van der Waals surface area contributed by atoms with Gasteiger partial charge in [-0.1, -0.05) is 5.16 Å². The summed E-state index contributed by atoms with van der Waals surface area (Å²) in [7, 11) is 1.85. The van der Waals surface area contributed by atoms with Gasteiger partial charge in [0, 0.05) is 19.0 Å². The standard InChI is InChI=1S/C13H19N3O2.ClH/c1-16(9-10-2-7-18-15-10)12(17)11-8-13(11)3-5-14-6-4-13;/h2,7,11,14H,3-6,8-9H2,1H3;1H. The lowest BCUT2D eigenvalue weighted by molar-refractivity contribution is -0.132. The fourth-order valence-corrected chi connectivity index (χ4v) is 3.08. The fourth-order valence-electron chi connectivity index (χ4n) is 3.08. The van der Waals surface area contributed by atoms with Crippen molar-refractivity contribution >= 4 is 18.3 Å². The second kappa shape index (κ2) is 5.51. The first-order valence-electron chi connectivity index (χ1n) is 6.56. The van der Waals surface area contributed by atoms with Crippen molar-refractivity contribution in [3.05, 3.63) is 18.0 Å². The summed E-state index contributed by atoms with van der Waals surface area (Å²) < 4.78 is 4.78. The molecule has 1 spiro atoms. The maximum absolute atomic E-state index is 12.4. The van der Waals surface area contributed by atoms with Crippen molar-refractivity contribution in [3.63, 3.8) is 0 Å². The molecule has 106 valence electrons. The first-order valence-corrected chi connectivity index (χ1v) is 6.56. The highest BCUT2D eigenvalue weighted by atomic mass is 35.5. The third-order valence-electron chi connectivity index (χ3n) is 4.35. The van der Waals surface area contributed by atoms with Crippen LogP contribution in [0.5, 0.6) is 0 Å². The van der Waals surface area contributed by atoms with E-state index >= 15 is 0 Å². The molecule has 1 saturated heterocycles. The molecule has 0 radical (unpaired) electrons. The van der Waals surface area contributed by atoms with E-state index in [0.29, 0.717) is 12.0 Å². The molecule has 2 aliphatic rings. The Bertz CT molecular complexity index is 429. The minimum atomic E-state index is 0. The Balaban J connectivity index is 0.00000133. The Hall–Kier alpha value is -1.07. The van der Waals surface area contributed by atoms with E-state index in [9.17, 15) is 4.79 Å². The number of carbonyl (C=O) groups excluding carboxylic acids is 1. The first-order chi connectivity index (χ1) is 8.71. The fraction of sp³-hybridized carbons (Fsp3) is 0.692. The molecule has 1 atom stereocenters. The van der Waals surface area contributed by atoms with E-state index in [1.807, 2.05) is 7.05 Å². The van der Waals surface area contributed by atoms with Crippen LogP contribution in [0.1, 0.15) is 25.0 Å². The highest BCUT2D eigenvalue weighted by Gasteiger charge is 2.58. The summed E-state index contributed by atoms with van der Waals surface area (Å²) in [4.78, 5) is 14.1. The van der Waals surface area contributed by atoms with Crippen molar-refractivity contribution in [1.29, 1.82) is 0 Å². The monoisotopic (exact) mass is 285 g/mol. The van der Waals surface area contributed by atoms with Crippen LogP contribution in [0.25, 0.3) is 0 Å². The van der Waals surface area contributed by atoms with Crippen LogP contribution in [0.4, 0.5) is 0 Å². The van der Waals surface area contributed by atoms with Crippen LogP contribution in [0.15, 0.2) is 16.9 Å². The number of hydrogen-bond donors (Lipinski definition) is 1. The van der Waals surface area contributed by atoms with E-state index < -0.39 is 0 Å². The van der Waals surface area contributed by atoms with Crippen molar-refractivity contribution in [3.8, 4) is 0 Å². The normalized spacial score (nSPS) is 23.7. The number of halogens is 1. The SMILES string of the molecule is CN(Cc1ccon1)C(=O)C1CC12CCNCC2.Cl. The first kappa shape index (κ1) is 14.3. The summed E-state index contributed by atoms with van der Waals surface area (Å²) >= 11 is 0. The Morgan fingerprint density at radius 2 is 2.32 bits per heavy atom. The Kier molecular flexibility index (Phi) is 4.16. The molecule has 1 amide bonds. The van der Waals surface area contributed by atoms with E-state index in [2.05, 4.69) is 10.5 Å². The second-order valence-corrected chi connectivity index (χ2v) is 5.55. The molecule has 1 aromatic rings. The van der Waals surface area contributed by atoms with Gasteiger partial charge in [-0.2, -0.15) is 0 Å². The Morgan fingerprint density at radius 1 is 1.58 bits per heavy atom. The van der Waals surface area contributed by atoms with Crippen molar-refractivity contribution in [2.24, 2.45) is 11.3 Å². The molecule has 5 nitrogen and oxygen atoms in total. The van der Waals surface area contributed by atoms with Crippen LogP contribution in [0, 0.1) is 11.3 Å². The molecule has 2 fully saturated rings. The molecule has 19 heavy (non-hydrogen) atoms. The number of aromatic nitrogens is 1. The van der Waals surface area contributed by atoms with E-state index in [0.717, 1.165) is 38.0 Å². The van der Waals surface area contributed by atoms with Crippen molar-refractivity contribution < 1.29 is 9.32 Å². The highest BCUT2D eigenvalue weighted by Crippen LogP contribution is 2.59. The van der Waals surface area contributed by atoms with Gasteiger partial charge in [0.2, 0.25) is 5.91 Å². The summed E-state index contributed by atoms with van der Waals surface area (Å²) in [6, 6.07) is 1.80. The minimum Gasteiger partial charge on any atom is -0.364 e. The average Bonchev–Trinajstić information content (AvgIpc) is 2.84. The number of nitrogens with zero attached hydrogens (tertiary/aromatic N) is 2. The van der Waals surface area contributed by atoms with Gasteiger partial charge in [-0.05, 0) is 37.8 Å². The second-order valence-electron chi connectivity index (χ2n) is 5.55. The summed E-state index contributed by atoms with van der Waals surface area (Å²) in [5.74, 6) is 0.497. The Morgan fingerprint density at radius 3 is 2.95 bits per heavy atom. The van der Waals surface area contributed by atoms with Crippen LogP contribution in [0.2, 0.25) is 0 Å². The number of carbonyl (C=O) groups is 1. The molecule has 1 aliphatic heterocycles. The molecule has 1 N–H and O–H groups in total. The zero-order chi connectivity index (χ0) is 12.6. The molecule has 1 aromatic heterocycles. The molecule has 0 aromatic carbocycles. The molecule has 2 heterocycles. The summed E-state index contributed by atoms with van der Waals surface area (Å²) in [6.07, 6.45) is 4.89. The van der Waals surface area contributed by atoms with E-state index in [1.165, 1.54) is 0 Å². The third-order valence-corrected chi connectivity index (χ3v) is 4.35. The lowest BCUT2D eigenvalue weighted by atomic mass is 9.91. The lowest BCUT2D eigenvalue weighted by Crippen LogP contribution is -2.34. The summed E-state index contributed by atoms with van der Waals surface area (Å²) in [6.45, 7) is 2.65. The van der Waals surface area contributed by atoms with Gasteiger partial charge in [0.25, 0.3) is 0 Å². The van der Waals surface area contributed by atoms with Gasteiger partial charge < -0.3 is 14.7 Å². The molecule has 0 bridgehead atoms. The minimum absolute atomic E-state index is 0. The van der Waals surface area contributed by atoms with E-state index in [4.69, 9.17) is 4.52 Å². The highest BCUT2D eigenvalue weighted by molar-refractivity contribution is 5.85. The van der Waals surface area contributed by atoms with Gasteiger partial charge in [0.05, 0.1) is 6.54 Å². The quantitative estimate of drug-likeness (QED) is 0.913. The molecular formula is C13H20ClN3O2. The third kappa shape index (κ3) is 2.77. The summed E-state index contributed by atoms with van der Waals surface area (Å²) in [5.41, 5.74) is 1.12. The predicted molar refractivity (Wildman–Crippen MR) is 72.9 cm³/mol. The van der Waals surface area contributed by atoms with E-state index in [1.54, 1.807) is 17.2 Å². The number of amides is 1. The van der Waals surface area contributed by atoms with Gasteiger partial charge in [-0.3, -0.25) is 4.79 Å². The molecule has 1 unspecified atom stereocenters. The molecule has 3 rings (SSSR count). The van der Waals surface area contributed by atoms with Crippen LogP contribution >= 0.6 is 12.4 Å². The maximum atomic E-state index is 12.4. The Labute approximate surface area is 119 Å². The number of piperidine rings is 1. The van der Waals surface area contributed by atoms with Gasteiger partial charge >= 0.3 is 0 Å². The van der Waals surface area contributed by atoms with Crippen LogP contribution < -0.4 is 5.32 Å². The van der Waals surface area contributed by atoms with Crippen molar-refractivity contribution in [1.82, 2.24) is 15.4 Å². The molecule has 6 heteroatoms. The zero-order valence-corrected chi connectivity index (χ0v) is 11.9. The lowest BCUT2D eigenvalue weighted by Gasteiger charge is -2.24. The largest absolute Gasteiger partial charge is 0.364 e. The molecule has 1 saturated carbocycles. The number of nitrogens with one attached hydrogen (secondary N) is 1. The van der Waals surface area contributed by atoms with Gasteiger partial charge in [-0.15, -0.1) is 12.4 Å². The smallest absolute Gasteiger partial charge is 0.226 e. The van der Waals surface area contributed by atoms with Crippen molar-refractivity contribution in [2.75, 3.05) is 20.1 Å². The van der Waals surface area contributed by atoms with Gasteiger partial charge in [0.1, 0.15) is 12.0 Å². The summed E-state index contributed by atoms with van der Waals surface area (Å²) in [5, 5.41) is 7.20. The van der Waals surface area contributed by atoms with Crippen LogP contribution in [0.3, 0.4) is 0 Å².